The third-order valence-electron chi connectivity index (χ3n) is 2.93. The summed E-state index contributed by atoms with van der Waals surface area (Å²) < 4.78 is 15.5. The third kappa shape index (κ3) is 3.14. The lowest BCUT2D eigenvalue weighted by molar-refractivity contribution is 0.172. The molecule has 1 atom stereocenters. The highest BCUT2D eigenvalue weighted by Gasteiger charge is 2.18. The van der Waals surface area contributed by atoms with E-state index >= 15 is 0 Å². The Kier molecular flexibility index (Phi) is 4.22. The number of benzene rings is 1. The molecule has 0 aliphatic heterocycles. The van der Waals surface area contributed by atoms with Crippen molar-refractivity contribution in [3.8, 4) is 0 Å². The SMILES string of the molecule is CC(C)n1ccc(CC(O)c2c(F)cccc2Cl)n1. The first-order chi connectivity index (χ1) is 8.99. The normalized spacial score (nSPS) is 12.9. The lowest BCUT2D eigenvalue weighted by Crippen LogP contribution is -2.07. The average Bonchev–Trinajstić information content (AvgIpc) is 2.77. The van der Waals surface area contributed by atoms with Gasteiger partial charge in [0.1, 0.15) is 5.82 Å². The summed E-state index contributed by atoms with van der Waals surface area (Å²) in [5.74, 6) is -0.497. The number of aliphatic hydroxyl groups is 1. The van der Waals surface area contributed by atoms with Gasteiger partial charge in [0.25, 0.3) is 0 Å². The highest BCUT2D eigenvalue weighted by atomic mass is 35.5. The minimum Gasteiger partial charge on any atom is -0.388 e. The molecule has 0 saturated heterocycles. The van der Waals surface area contributed by atoms with Crippen molar-refractivity contribution in [2.75, 3.05) is 0 Å². The molecule has 3 nitrogen and oxygen atoms in total. The monoisotopic (exact) mass is 282 g/mol. The van der Waals surface area contributed by atoms with Gasteiger partial charge in [0.2, 0.25) is 0 Å². The van der Waals surface area contributed by atoms with Crippen molar-refractivity contribution in [2.24, 2.45) is 0 Å². The Labute approximate surface area is 116 Å². The largest absolute Gasteiger partial charge is 0.388 e. The Morgan fingerprint density at radius 2 is 2.11 bits per heavy atom. The van der Waals surface area contributed by atoms with Crippen LogP contribution < -0.4 is 0 Å². The lowest BCUT2D eigenvalue weighted by Gasteiger charge is -2.12. The molecule has 1 heterocycles. The van der Waals surface area contributed by atoms with E-state index in [1.807, 2.05) is 26.1 Å². The Morgan fingerprint density at radius 3 is 2.68 bits per heavy atom. The quantitative estimate of drug-likeness (QED) is 0.931. The molecule has 0 aliphatic rings. The van der Waals surface area contributed by atoms with Gasteiger partial charge in [-0.1, -0.05) is 17.7 Å². The van der Waals surface area contributed by atoms with Crippen molar-refractivity contribution in [1.29, 1.82) is 0 Å². The van der Waals surface area contributed by atoms with Crippen LogP contribution in [0.15, 0.2) is 30.5 Å². The Hall–Kier alpha value is -1.39. The van der Waals surface area contributed by atoms with Crippen molar-refractivity contribution in [2.45, 2.75) is 32.4 Å². The molecule has 0 amide bonds. The van der Waals surface area contributed by atoms with Gasteiger partial charge in [-0.2, -0.15) is 5.10 Å². The number of nitrogens with zero attached hydrogens (tertiary/aromatic N) is 2. The molecule has 1 unspecified atom stereocenters. The van der Waals surface area contributed by atoms with Crippen molar-refractivity contribution < 1.29 is 9.50 Å². The van der Waals surface area contributed by atoms with E-state index in [1.54, 1.807) is 10.7 Å². The van der Waals surface area contributed by atoms with Crippen LogP contribution in [0.2, 0.25) is 5.02 Å². The van der Waals surface area contributed by atoms with Crippen LogP contribution in [0.1, 0.15) is 37.3 Å². The summed E-state index contributed by atoms with van der Waals surface area (Å²) in [4.78, 5) is 0. The van der Waals surface area contributed by atoms with Gasteiger partial charge < -0.3 is 5.11 Å². The van der Waals surface area contributed by atoms with Crippen LogP contribution in [-0.4, -0.2) is 14.9 Å². The van der Waals surface area contributed by atoms with Crippen LogP contribution in [0.25, 0.3) is 0 Å². The zero-order chi connectivity index (χ0) is 14.0. The summed E-state index contributed by atoms with van der Waals surface area (Å²) in [6.07, 6.45) is 1.08. The average molecular weight is 283 g/mol. The summed E-state index contributed by atoms with van der Waals surface area (Å²) in [6, 6.07) is 6.44. The number of aliphatic hydroxyl groups excluding tert-OH is 1. The van der Waals surface area contributed by atoms with Crippen LogP contribution in [0, 0.1) is 5.82 Å². The first-order valence-electron chi connectivity index (χ1n) is 6.15. The Bertz CT molecular complexity index is 548. The van der Waals surface area contributed by atoms with E-state index in [2.05, 4.69) is 5.10 Å². The molecular weight excluding hydrogens is 267 g/mol. The topological polar surface area (TPSA) is 38.0 Å². The van der Waals surface area contributed by atoms with Crippen molar-refractivity contribution in [3.05, 3.63) is 52.6 Å². The van der Waals surface area contributed by atoms with Crippen LogP contribution >= 0.6 is 11.6 Å². The van der Waals surface area contributed by atoms with Gasteiger partial charge in [-0.15, -0.1) is 0 Å². The van der Waals surface area contributed by atoms with Gasteiger partial charge in [0.05, 0.1) is 11.8 Å². The minimum absolute atomic E-state index is 0.128. The number of halogens is 2. The second-order valence-corrected chi connectivity index (χ2v) is 5.14. The van der Waals surface area contributed by atoms with Gasteiger partial charge in [-0.25, -0.2) is 4.39 Å². The minimum atomic E-state index is -0.996. The summed E-state index contributed by atoms with van der Waals surface area (Å²) >= 11 is 5.92. The Balaban J connectivity index is 2.18. The van der Waals surface area contributed by atoms with Crippen molar-refractivity contribution in [1.82, 2.24) is 9.78 Å². The zero-order valence-electron chi connectivity index (χ0n) is 10.8. The first kappa shape index (κ1) is 14.0. The molecule has 0 radical (unpaired) electrons. The molecule has 0 saturated carbocycles. The molecule has 102 valence electrons. The second kappa shape index (κ2) is 5.72. The van der Waals surface area contributed by atoms with Crippen LogP contribution in [-0.2, 0) is 6.42 Å². The fraction of sp³-hybridized carbons (Fsp3) is 0.357. The summed E-state index contributed by atoms with van der Waals surface area (Å²) in [5.41, 5.74) is 0.837. The smallest absolute Gasteiger partial charge is 0.130 e. The molecule has 19 heavy (non-hydrogen) atoms. The molecule has 2 rings (SSSR count). The van der Waals surface area contributed by atoms with E-state index in [0.717, 1.165) is 0 Å². The van der Waals surface area contributed by atoms with Crippen molar-refractivity contribution in [3.63, 3.8) is 0 Å². The maximum Gasteiger partial charge on any atom is 0.130 e. The maximum absolute atomic E-state index is 13.7. The number of hydrogen-bond acceptors (Lipinski definition) is 2. The van der Waals surface area contributed by atoms with E-state index in [1.165, 1.54) is 12.1 Å². The van der Waals surface area contributed by atoms with Crippen LogP contribution in [0.5, 0.6) is 0 Å². The first-order valence-corrected chi connectivity index (χ1v) is 6.53. The number of aromatic nitrogens is 2. The molecule has 5 heteroatoms. The molecule has 1 aromatic carbocycles. The fourth-order valence-corrected chi connectivity index (χ4v) is 2.19. The van der Waals surface area contributed by atoms with E-state index < -0.39 is 11.9 Å². The molecule has 0 fully saturated rings. The molecule has 1 N–H and O–H groups in total. The third-order valence-corrected chi connectivity index (χ3v) is 3.26. The summed E-state index contributed by atoms with van der Waals surface area (Å²) in [6.45, 7) is 4.03. The standard InChI is InChI=1S/C14H16ClFN2O/c1-9(2)18-7-6-10(17-18)8-13(19)14-11(15)4-3-5-12(14)16/h3-7,9,13,19H,8H2,1-2H3. The van der Waals surface area contributed by atoms with Gasteiger partial charge >= 0.3 is 0 Å². The molecule has 2 aromatic rings. The van der Waals surface area contributed by atoms with Gasteiger partial charge in [0.15, 0.2) is 0 Å². The zero-order valence-corrected chi connectivity index (χ0v) is 11.6. The fourth-order valence-electron chi connectivity index (χ4n) is 1.90. The lowest BCUT2D eigenvalue weighted by atomic mass is 10.0. The van der Waals surface area contributed by atoms with Crippen molar-refractivity contribution >= 4 is 11.6 Å². The predicted octanol–water partition coefficient (Wildman–Crippen LogP) is 3.53. The summed E-state index contributed by atoms with van der Waals surface area (Å²) in [5, 5.41) is 14.7. The number of hydrogen-bond donors (Lipinski definition) is 1. The predicted molar refractivity (Wildman–Crippen MR) is 72.7 cm³/mol. The van der Waals surface area contributed by atoms with Gasteiger partial charge in [-0.3, -0.25) is 4.68 Å². The highest BCUT2D eigenvalue weighted by molar-refractivity contribution is 6.31. The van der Waals surface area contributed by atoms with Gasteiger partial charge in [0, 0.05) is 29.2 Å². The Morgan fingerprint density at radius 1 is 1.37 bits per heavy atom. The molecular formula is C14H16ClFN2O. The summed E-state index contributed by atoms with van der Waals surface area (Å²) in [7, 11) is 0. The van der Waals surface area contributed by atoms with Crippen LogP contribution in [0.3, 0.4) is 0 Å². The molecule has 0 spiro atoms. The van der Waals surface area contributed by atoms with E-state index in [4.69, 9.17) is 11.6 Å². The molecule has 1 aromatic heterocycles. The van der Waals surface area contributed by atoms with Crippen LogP contribution in [0.4, 0.5) is 4.39 Å². The number of rotatable bonds is 4. The van der Waals surface area contributed by atoms with E-state index in [9.17, 15) is 9.50 Å². The van der Waals surface area contributed by atoms with E-state index in [-0.39, 0.29) is 23.0 Å². The highest BCUT2D eigenvalue weighted by Crippen LogP contribution is 2.27. The maximum atomic E-state index is 13.7. The van der Waals surface area contributed by atoms with Gasteiger partial charge in [-0.05, 0) is 32.0 Å². The van der Waals surface area contributed by atoms with E-state index in [0.29, 0.717) is 5.69 Å². The second-order valence-electron chi connectivity index (χ2n) is 4.74. The molecule has 0 aliphatic carbocycles. The molecule has 0 bridgehead atoms.